The van der Waals surface area contributed by atoms with Crippen LogP contribution in [-0.4, -0.2) is 44.4 Å². The molecule has 8 nitrogen and oxygen atoms in total. The van der Waals surface area contributed by atoms with Crippen LogP contribution in [0.2, 0.25) is 10.0 Å². The normalized spacial score (nSPS) is 15.5. The highest BCUT2D eigenvalue weighted by atomic mass is 35.5. The predicted octanol–water partition coefficient (Wildman–Crippen LogP) is 3.33. The maximum absolute atomic E-state index is 12.0. The molecule has 2 aromatic carbocycles. The fourth-order valence-corrected chi connectivity index (χ4v) is 3.36. The molecule has 1 heterocycles. The minimum atomic E-state index is -0.875. The van der Waals surface area contributed by atoms with Gasteiger partial charge in [0.1, 0.15) is 6.61 Å². The van der Waals surface area contributed by atoms with Crippen LogP contribution in [0.25, 0.3) is 0 Å². The van der Waals surface area contributed by atoms with E-state index in [1.807, 2.05) is 0 Å². The quantitative estimate of drug-likeness (QED) is 0.343. The molecule has 1 atom stereocenters. The SMILES string of the molecule is COc1cccc(/C=N\NC(=O)C(=O)NC[C@@H]2CCCO2)c1OCc1ccc(Cl)c(Cl)c1. The molecule has 2 aromatic rings. The van der Waals surface area contributed by atoms with E-state index >= 15 is 0 Å². The Morgan fingerprint density at radius 1 is 1.22 bits per heavy atom. The van der Waals surface area contributed by atoms with E-state index in [1.165, 1.54) is 13.3 Å². The third-order valence-electron chi connectivity index (χ3n) is 4.69. The number of halogens is 2. The van der Waals surface area contributed by atoms with E-state index in [2.05, 4.69) is 15.8 Å². The largest absolute Gasteiger partial charge is 0.493 e. The smallest absolute Gasteiger partial charge is 0.329 e. The van der Waals surface area contributed by atoms with Gasteiger partial charge in [0, 0.05) is 18.7 Å². The standard InChI is InChI=1S/C22H23Cl2N3O5/c1-30-19-6-2-4-15(20(19)32-13-14-7-8-17(23)18(24)10-14)11-26-27-22(29)21(28)25-12-16-5-3-9-31-16/h2,4,6-8,10-11,16H,3,5,9,12-13H2,1H3,(H,25,28)(H,27,29)/b26-11-/t16-/m0/s1. The van der Waals surface area contributed by atoms with Crippen LogP contribution in [0.1, 0.15) is 24.0 Å². The van der Waals surface area contributed by atoms with E-state index in [0.717, 1.165) is 18.4 Å². The van der Waals surface area contributed by atoms with Gasteiger partial charge in [-0.05, 0) is 42.7 Å². The molecule has 10 heteroatoms. The minimum Gasteiger partial charge on any atom is -0.493 e. The summed E-state index contributed by atoms with van der Waals surface area (Å²) in [5, 5.41) is 7.28. The first-order chi connectivity index (χ1) is 15.5. The first kappa shape index (κ1) is 23.8. The van der Waals surface area contributed by atoms with Crippen LogP contribution in [0.15, 0.2) is 41.5 Å². The van der Waals surface area contributed by atoms with E-state index in [0.29, 0.717) is 40.3 Å². The molecule has 1 fully saturated rings. The maximum Gasteiger partial charge on any atom is 0.329 e. The number of carbonyl (C=O) groups excluding carboxylic acids is 2. The lowest BCUT2D eigenvalue weighted by molar-refractivity contribution is -0.139. The number of rotatable bonds is 8. The van der Waals surface area contributed by atoms with Crippen molar-refractivity contribution in [3.8, 4) is 11.5 Å². The first-order valence-electron chi connectivity index (χ1n) is 9.94. The molecule has 1 saturated heterocycles. The Hall–Kier alpha value is -2.81. The summed E-state index contributed by atoms with van der Waals surface area (Å²) in [6, 6.07) is 10.4. The van der Waals surface area contributed by atoms with Gasteiger partial charge in [-0.2, -0.15) is 5.10 Å². The molecular weight excluding hydrogens is 457 g/mol. The van der Waals surface area contributed by atoms with Crippen LogP contribution in [0.5, 0.6) is 11.5 Å². The van der Waals surface area contributed by atoms with Crippen molar-refractivity contribution in [1.82, 2.24) is 10.7 Å². The highest BCUT2D eigenvalue weighted by Gasteiger charge is 2.19. The number of carbonyl (C=O) groups is 2. The molecule has 0 aromatic heterocycles. The number of nitrogens with one attached hydrogen (secondary N) is 2. The molecular formula is C22H23Cl2N3O5. The van der Waals surface area contributed by atoms with Crippen molar-refractivity contribution in [2.45, 2.75) is 25.6 Å². The van der Waals surface area contributed by atoms with Gasteiger partial charge < -0.3 is 19.5 Å². The monoisotopic (exact) mass is 479 g/mol. The molecule has 0 radical (unpaired) electrons. The summed E-state index contributed by atoms with van der Waals surface area (Å²) in [5.74, 6) is -0.753. The Morgan fingerprint density at radius 2 is 2.06 bits per heavy atom. The molecule has 32 heavy (non-hydrogen) atoms. The number of hydrogen-bond acceptors (Lipinski definition) is 6. The van der Waals surface area contributed by atoms with Gasteiger partial charge in [0.25, 0.3) is 0 Å². The number of ether oxygens (including phenoxy) is 3. The molecule has 0 spiro atoms. The number of amides is 2. The van der Waals surface area contributed by atoms with Crippen LogP contribution in [0, 0.1) is 0 Å². The Balaban J connectivity index is 1.61. The van der Waals surface area contributed by atoms with Gasteiger partial charge in [0.2, 0.25) is 0 Å². The average molecular weight is 480 g/mol. The van der Waals surface area contributed by atoms with Crippen molar-refractivity contribution >= 4 is 41.2 Å². The summed E-state index contributed by atoms with van der Waals surface area (Å²) in [6.45, 7) is 1.17. The third kappa shape index (κ3) is 6.59. The lowest BCUT2D eigenvalue weighted by Gasteiger charge is -2.13. The molecule has 0 unspecified atom stereocenters. The van der Waals surface area contributed by atoms with Gasteiger partial charge in [0.05, 0.1) is 29.5 Å². The zero-order chi connectivity index (χ0) is 22.9. The summed E-state index contributed by atoms with van der Waals surface area (Å²) < 4.78 is 16.7. The maximum atomic E-state index is 12.0. The van der Waals surface area contributed by atoms with Gasteiger partial charge in [-0.15, -0.1) is 0 Å². The number of benzene rings is 2. The van der Waals surface area contributed by atoms with Crippen LogP contribution >= 0.6 is 23.2 Å². The number of nitrogens with zero attached hydrogens (tertiary/aromatic N) is 1. The summed E-state index contributed by atoms with van der Waals surface area (Å²) in [5.41, 5.74) is 3.56. The second-order valence-corrected chi connectivity index (χ2v) is 7.77. The molecule has 2 N–H and O–H groups in total. The second-order valence-electron chi connectivity index (χ2n) is 6.96. The lowest BCUT2D eigenvalue weighted by Crippen LogP contribution is -2.41. The van der Waals surface area contributed by atoms with Gasteiger partial charge in [-0.1, -0.05) is 35.3 Å². The van der Waals surface area contributed by atoms with E-state index in [1.54, 1.807) is 36.4 Å². The van der Waals surface area contributed by atoms with Crippen molar-refractivity contribution < 1.29 is 23.8 Å². The Labute approximate surface area is 195 Å². The lowest BCUT2D eigenvalue weighted by atomic mass is 10.2. The van der Waals surface area contributed by atoms with E-state index in [9.17, 15) is 9.59 Å². The number of hydrogen-bond donors (Lipinski definition) is 2. The molecule has 0 bridgehead atoms. The van der Waals surface area contributed by atoms with Crippen molar-refractivity contribution in [3.05, 3.63) is 57.6 Å². The summed E-state index contributed by atoms with van der Waals surface area (Å²) in [6.07, 6.45) is 3.13. The van der Waals surface area contributed by atoms with Crippen molar-refractivity contribution in [3.63, 3.8) is 0 Å². The van der Waals surface area contributed by atoms with E-state index < -0.39 is 11.8 Å². The first-order valence-corrected chi connectivity index (χ1v) is 10.7. The Kier molecular flexibility index (Phi) is 8.72. The van der Waals surface area contributed by atoms with Crippen molar-refractivity contribution in [2.75, 3.05) is 20.3 Å². The molecule has 0 aliphatic carbocycles. The number of para-hydroxylation sites is 1. The van der Waals surface area contributed by atoms with Crippen LogP contribution in [0.3, 0.4) is 0 Å². The third-order valence-corrected chi connectivity index (χ3v) is 5.43. The highest BCUT2D eigenvalue weighted by molar-refractivity contribution is 6.42. The Bertz CT molecular complexity index is 994. The number of methoxy groups -OCH3 is 1. The van der Waals surface area contributed by atoms with Crippen molar-refractivity contribution in [2.24, 2.45) is 5.10 Å². The molecule has 170 valence electrons. The van der Waals surface area contributed by atoms with Gasteiger partial charge in [-0.3, -0.25) is 9.59 Å². The molecule has 2 amide bonds. The molecule has 1 aliphatic heterocycles. The fraction of sp³-hybridized carbons (Fsp3) is 0.318. The molecule has 0 saturated carbocycles. The molecule has 3 rings (SSSR count). The highest BCUT2D eigenvalue weighted by Crippen LogP contribution is 2.31. The fourth-order valence-electron chi connectivity index (χ4n) is 3.04. The van der Waals surface area contributed by atoms with Crippen LogP contribution in [-0.2, 0) is 20.9 Å². The average Bonchev–Trinajstić information content (AvgIpc) is 3.32. The minimum absolute atomic E-state index is 0.0535. The summed E-state index contributed by atoms with van der Waals surface area (Å²) in [7, 11) is 1.52. The van der Waals surface area contributed by atoms with E-state index in [4.69, 9.17) is 37.4 Å². The zero-order valence-corrected chi connectivity index (χ0v) is 18.9. The van der Waals surface area contributed by atoms with Gasteiger partial charge in [0.15, 0.2) is 11.5 Å². The van der Waals surface area contributed by atoms with E-state index in [-0.39, 0.29) is 12.7 Å². The van der Waals surface area contributed by atoms with Gasteiger partial charge >= 0.3 is 11.8 Å². The topological polar surface area (TPSA) is 98.2 Å². The summed E-state index contributed by atoms with van der Waals surface area (Å²) in [4.78, 5) is 23.9. The number of hydrazone groups is 1. The van der Waals surface area contributed by atoms with Gasteiger partial charge in [-0.25, -0.2) is 5.43 Å². The van der Waals surface area contributed by atoms with Crippen LogP contribution < -0.4 is 20.2 Å². The second kappa shape index (κ2) is 11.7. The Morgan fingerprint density at radius 3 is 2.78 bits per heavy atom. The van der Waals surface area contributed by atoms with Crippen molar-refractivity contribution in [1.29, 1.82) is 0 Å². The molecule has 1 aliphatic rings. The predicted molar refractivity (Wildman–Crippen MR) is 122 cm³/mol. The zero-order valence-electron chi connectivity index (χ0n) is 17.4. The summed E-state index contributed by atoms with van der Waals surface area (Å²) >= 11 is 12.0. The van der Waals surface area contributed by atoms with Crippen LogP contribution in [0.4, 0.5) is 0 Å².